The van der Waals surface area contributed by atoms with Gasteiger partial charge >= 0.3 is 0 Å². The molecule has 0 radical (unpaired) electrons. The molecule has 0 saturated carbocycles. The van der Waals surface area contributed by atoms with E-state index < -0.39 is 23.9 Å². The van der Waals surface area contributed by atoms with Crippen molar-refractivity contribution in [3.63, 3.8) is 0 Å². The summed E-state index contributed by atoms with van der Waals surface area (Å²) in [6, 6.07) is 19.3. The Kier molecular flexibility index (Phi) is 10.8. The molecule has 222 valence electrons. The van der Waals surface area contributed by atoms with Crippen LogP contribution in [0.25, 0.3) is 0 Å². The predicted molar refractivity (Wildman–Crippen MR) is 161 cm³/mol. The van der Waals surface area contributed by atoms with Crippen LogP contribution in [0.5, 0.6) is 0 Å². The molecule has 4 N–H and O–H groups in total. The first kappa shape index (κ1) is 30.8. The van der Waals surface area contributed by atoms with Crippen molar-refractivity contribution in [3.05, 3.63) is 95.6 Å². The van der Waals surface area contributed by atoms with Gasteiger partial charge in [0, 0.05) is 36.3 Å². The fourth-order valence-corrected chi connectivity index (χ4v) is 5.46. The summed E-state index contributed by atoms with van der Waals surface area (Å²) in [4.78, 5) is 45.9. The standard InChI is InChI=1S/C33H40FN5O3/c1-3-9-26-12-8-19-39(26)33(42)29-14-7-13-28(37-29)32(41)38-30(21-23-10-5-4-6-11-23)27(35)20-22(2)31(40)36-25-17-15-24(34)16-18-25/h4-7,10-11,13-18,22,26-27,30H,3,8-9,12,19-21,35H2,1-2H3,(H,36,40)(H,38,41)/t22-,26+,27+,30+/m1/s1. The number of halogens is 1. The molecule has 1 aliphatic heterocycles. The first-order valence-electron chi connectivity index (χ1n) is 14.7. The van der Waals surface area contributed by atoms with Gasteiger partial charge in [-0.3, -0.25) is 14.4 Å². The van der Waals surface area contributed by atoms with Crippen LogP contribution in [0, 0.1) is 11.7 Å². The molecule has 1 aromatic heterocycles. The Morgan fingerprint density at radius 1 is 1.02 bits per heavy atom. The van der Waals surface area contributed by atoms with Crippen molar-refractivity contribution in [2.24, 2.45) is 11.7 Å². The maximum atomic E-state index is 13.4. The minimum absolute atomic E-state index is 0.138. The predicted octanol–water partition coefficient (Wildman–Crippen LogP) is 4.96. The lowest BCUT2D eigenvalue weighted by molar-refractivity contribution is -0.119. The number of hydrogen-bond donors (Lipinski definition) is 3. The van der Waals surface area contributed by atoms with Crippen molar-refractivity contribution in [1.82, 2.24) is 15.2 Å². The molecule has 0 unspecified atom stereocenters. The van der Waals surface area contributed by atoms with Gasteiger partial charge in [0.2, 0.25) is 5.91 Å². The topological polar surface area (TPSA) is 117 Å². The number of carbonyl (C=O) groups excluding carboxylic acids is 3. The largest absolute Gasteiger partial charge is 0.346 e. The fourth-order valence-electron chi connectivity index (χ4n) is 5.46. The molecule has 4 rings (SSSR count). The second kappa shape index (κ2) is 14.7. The number of nitrogens with two attached hydrogens (primary N) is 1. The smallest absolute Gasteiger partial charge is 0.272 e. The number of anilines is 1. The summed E-state index contributed by atoms with van der Waals surface area (Å²) in [6.45, 7) is 4.57. The van der Waals surface area contributed by atoms with Gasteiger partial charge in [-0.15, -0.1) is 0 Å². The zero-order chi connectivity index (χ0) is 30.1. The van der Waals surface area contributed by atoms with Gasteiger partial charge in [0.25, 0.3) is 11.8 Å². The number of amides is 3. The summed E-state index contributed by atoms with van der Waals surface area (Å²) in [7, 11) is 0. The van der Waals surface area contributed by atoms with Crippen molar-refractivity contribution in [2.75, 3.05) is 11.9 Å². The second-order valence-corrected chi connectivity index (χ2v) is 11.1. The van der Waals surface area contributed by atoms with Gasteiger partial charge in [-0.05, 0) is 74.1 Å². The van der Waals surface area contributed by atoms with E-state index in [1.54, 1.807) is 25.1 Å². The van der Waals surface area contributed by atoms with Crippen molar-refractivity contribution in [3.8, 4) is 0 Å². The van der Waals surface area contributed by atoms with E-state index in [2.05, 4.69) is 22.5 Å². The van der Waals surface area contributed by atoms with Crippen molar-refractivity contribution in [1.29, 1.82) is 0 Å². The molecule has 9 heteroatoms. The number of hydrogen-bond acceptors (Lipinski definition) is 5. The van der Waals surface area contributed by atoms with Gasteiger partial charge < -0.3 is 21.3 Å². The zero-order valence-corrected chi connectivity index (χ0v) is 24.3. The van der Waals surface area contributed by atoms with Gasteiger partial charge in [-0.25, -0.2) is 9.37 Å². The van der Waals surface area contributed by atoms with Gasteiger partial charge in [-0.1, -0.05) is 56.7 Å². The highest BCUT2D eigenvalue weighted by Crippen LogP contribution is 2.23. The Labute approximate surface area is 246 Å². The third-order valence-electron chi connectivity index (χ3n) is 7.78. The lowest BCUT2D eigenvalue weighted by atomic mass is 9.92. The maximum absolute atomic E-state index is 13.4. The third-order valence-corrected chi connectivity index (χ3v) is 7.78. The Bertz CT molecular complexity index is 1350. The van der Waals surface area contributed by atoms with E-state index in [-0.39, 0.29) is 35.1 Å². The molecule has 0 spiro atoms. The van der Waals surface area contributed by atoms with Gasteiger partial charge in [0.05, 0.1) is 0 Å². The van der Waals surface area contributed by atoms with E-state index in [0.29, 0.717) is 25.1 Å². The summed E-state index contributed by atoms with van der Waals surface area (Å²) in [6.07, 6.45) is 4.65. The van der Waals surface area contributed by atoms with Gasteiger partial charge in [0.1, 0.15) is 17.2 Å². The molecule has 4 atom stereocenters. The van der Waals surface area contributed by atoms with Crippen LogP contribution in [0.15, 0.2) is 72.8 Å². The molecule has 1 saturated heterocycles. The van der Waals surface area contributed by atoms with Crippen LogP contribution in [0.1, 0.15) is 72.5 Å². The van der Waals surface area contributed by atoms with E-state index in [9.17, 15) is 18.8 Å². The monoisotopic (exact) mass is 573 g/mol. The van der Waals surface area contributed by atoms with Crippen LogP contribution in [0.2, 0.25) is 0 Å². The average molecular weight is 574 g/mol. The molecule has 1 fully saturated rings. The number of nitrogens with zero attached hydrogens (tertiary/aromatic N) is 2. The number of pyridine rings is 1. The average Bonchev–Trinajstić information content (AvgIpc) is 3.46. The highest BCUT2D eigenvalue weighted by atomic mass is 19.1. The Balaban J connectivity index is 1.46. The van der Waals surface area contributed by atoms with E-state index in [4.69, 9.17) is 5.73 Å². The normalized spacial score (nSPS) is 16.9. The maximum Gasteiger partial charge on any atom is 0.272 e. The number of nitrogens with one attached hydrogen (secondary N) is 2. The number of rotatable bonds is 12. The van der Waals surface area contributed by atoms with E-state index in [1.807, 2.05) is 35.2 Å². The minimum atomic E-state index is -0.563. The molecule has 0 bridgehead atoms. The highest BCUT2D eigenvalue weighted by Gasteiger charge is 2.30. The van der Waals surface area contributed by atoms with Crippen LogP contribution in [-0.4, -0.2) is 52.3 Å². The quantitative estimate of drug-likeness (QED) is 0.283. The minimum Gasteiger partial charge on any atom is -0.346 e. The molecule has 1 aliphatic rings. The van der Waals surface area contributed by atoms with Crippen LogP contribution < -0.4 is 16.4 Å². The van der Waals surface area contributed by atoms with E-state index in [0.717, 1.165) is 31.2 Å². The van der Waals surface area contributed by atoms with Gasteiger partial charge in [-0.2, -0.15) is 0 Å². The van der Waals surface area contributed by atoms with Crippen molar-refractivity contribution >= 4 is 23.4 Å². The Hall–Kier alpha value is -4.11. The van der Waals surface area contributed by atoms with Gasteiger partial charge in [0.15, 0.2) is 0 Å². The fraction of sp³-hybridized carbons (Fsp3) is 0.394. The number of carbonyl (C=O) groups is 3. The number of likely N-dealkylation sites (tertiary alicyclic amines) is 1. The Morgan fingerprint density at radius 3 is 2.45 bits per heavy atom. The van der Waals surface area contributed by atoms with Crippen LogP contribution in [-0.2, 0) is 11.2 Å². The molecule has 2 aromatic carbocycles. The van der Waals surface area contributed by atoms with Crippen molar-refractivity contribution in [2.45, 2.75) is 70.5 Å². The molecule has 42 heavy (non-hydrogen) atoms. The lowest BCUT2D eigenvalue weighted by Gasteiger charge is -2.27. The van der Waals surface area contributed by atoms with E-state index in [1.165, 1.54) is 24.3 Å². The SMILES string of the molecule is CCC[C@H]1CCCN1C(=O)c1cccc(C(=O)N[C@@H](Cc2ccccc2)[C@@H](N)C[C@@H](C)C(=O)Nc2ccc(F)cc2)n1. The molecular formula is C33H40FN5O3. The summed E-state index contributed by atoms with van der Waals surface area (Å²) in [5, 5.41) is 5.81. The lowest BCUT2D eigenvalue weighted by Crippen LogP contribution is -2.50. The Morgan fingerprint density at radius 2 is 1.74 bits per heavy atom. The molecule has 3 amide bonds. The van der Waals surface area contributed by atoms with Crippen LogP contribution >= 0.6 is 0 Å². The first-order valence-corrected chi connectivity index (χ1v) is 14.7. The molecule has 8 nitrogen and oxygen atoms in total. The molecule has 2 heterocycles. The van der Waals surface area contributed by atoms with Crippen LogP contribution in [0.3, 0.4) is 0 Å². The van der Waals surface area contributed by atoms with Crippen molar-refractivity contribution < 1.29 is 18.8 Å². The van der Waals surface area contributed by atoms with Crippen LogP contribution in [0.4, 0.5) is 10.1 Å². The number of aromatic nitrogens is 1. The summed E-state index contributed by atoms with van der Waals surface area (Å²) >= 11 is 0. The summed E-state index contributed by atoms with van der Waals surface area (Å²) in [5.74, 6) is -1.70. The number of benzene rings is 2. The summed E-state index contributed by atoms with van der Waals surface area (Å²) in [5.41, 5.74) is 8.49. The molecule has 0 aliphatic carbocycles. The molecular weight excluding hydrogens is 533 g/mol. The highest BCUT2D eigenvalue weighted by molar-refractivity contribution is 5.96. The summed E-state index contributed by atoms with van der Waals surface area (Å²) < 4.78 is 13.2. The van der Waals surface area contributed by atoms with E-state index >= 15 is 0 Å². The zero-order valence-electron chi connectivity index (χ0n) is 24.3. The second-order valence-electron chi connectivity index (χ2n) is 11.1. The third kappa shape index (κ3) is 8.22. The first-order chi connectivity index (χ1) is 20.2. The molecule has 3 aromatic rings.